The molecule has 0 amide bonds. The lowest BCUT2D eigenvalue weighted by atomic mass is 9.95. The van der Waals surface area contributed by atoms with Crippen LogP contribution in [0.2, 0.25) is 0 Å². The van der Waals surface area contributed by atoms with Gasteiger partial charge in [0.25, 0.3) is 0 Å². The van der Waals surface area contributed by atoms with Gasteiger partial charge in [0.2, 0.25) is 0 Å². The van der Waals surface area contributed by atoms with Crippen molar-refractivity contribution in [1.82, 2.24) is 0 Å². The summed E-state index contributed by atoms with van der Waals surface area (Å²) in [6.45, 7) is 2.12. The van der Waals surface area contributed by atoms with E-state index in [2.05, 4.69) is 6.92 Å². The van der Waals surface area contributed by atoms with Gasteiger partial charge in [0, 0.05) is 16.7 Å². The Balaban J connectivity index is 2.59. The average molecular weight is 221 g/mol. The van der Waals surface area contributed by atoms with Crippen molar-refractivity contribution < 1.29 is 9.47 Å². The van der Waals surface area contributed by atoms with Crippen LogP contribution in [0.25, 0.3) is 0 Å². The second-order valence-electron chi connectivity index (χ2n) is 4.33. The van der Waals surface area contributed by atoms with Crippen molar-refractivity contribution in [2.45, 2.75) is 31.7 Å². The molecule has 0 spiro atoms. The number of hydrogen-bond acceptors (Lipinski definition) is 3. The van der Waals surface area contributed by atoms with Crippen LogP contribution in [-0.4, -0.2) is 14.2 Å². The summed E-state index contributed by atoms with van der Waals surface area (Å²) in [7, 11) is 3.39. The van der Waals surface area contributed by atoms with Gasteiger partial charge >= 0.3 is 0 Å². The highest BCUT2D eigenvalue weighted by Crippen LogP contribution is 2.49. The summed E-state index contributed by atoms with van der Waals surface area (Å²) in [5, 5.41) is 0. The van der Waals surface area contributed by atoms with E-state index in [0.29, 0.717) is 0 Å². The molecule has 2 N–H and O–H groups in total. The third kappa shape index (κ3) is 1.65. The molecule has 0 aliphatic heterocycles. The molecule has 0 aromatic heterocycles. The van der Waals surface area contributed by atoms with Gasteiger partial charge in [-0.15, -0.1) is 0 Å². The fourth-order valence-corrected chi connectivity index (χ4v) is 2.25. The Morgan fingerprint density at radius 2 is 1.75 bits per heavy atom. The normalized spacial score (nSPS) is 17.0. The van der Waals surface area contributed by atoms with E-state index in [0.717, 1.165) is 36.3 Å². The average Bonchev–Trinajstić information content (AvgIpc) is 3.06. The van der Waals surface area contributed by atoms with E-state index in [9.17, 15) is 0 Å². The minimum atomic E-state index is -0.189. The lowest BCUT2D eigenvalue weighted by Crippen LogP contribution is -2.22. The molecule has 1 aromatic carbocycles. The number of hydrogen-bond donors (Lipinski definition) is 1. The first-order valence-corrected chi connectivity index (χ1v) is 5.69. The molecule has 0 radical (unpaired) electrons. The van der Waals surface area contributed by atoms with Gasteiger partial charge in [-0.05, 0) is 31.4 Å². The second-order valence-corrected chi connectivity index (χ2v) is 4.33. The summed E-state index contributed by atoms with van der Waals surface area (Å²) < 4.78 is 10.8. The molecule has 1 fully saturated rings. The zero-order valence-corrected chi connectivity index (χ0v) is 10.2. The molecule has 1 aliphatic rings. The Labute approximate surface area is 96.5 Å². The zero-order chi connectivity index (χ0) is 11.8. The highest BCUT2D eigenvalue weighted by Gasteiger charge is 2.44. The third-order valence-corrected chi connectivity index (χ3v) is 3.31. The molecule has 88 valence electrons. The summed E-state index contributed by atoms with van der Waals surface area (Å²) in [6, 6.07) is 3.90. The van der Waals surface area contributed by atoms with Gasteiger partial charge in [-0.25, -0.2) is 0 Å². The van der Waals surface area contributed by atoms with E-state index in [1.54, 1.807) is 14.2 Å². The molecule has 0 saturated heterocycles. The van der Waals surface area contributed by atoms with Gasteiger partial charge in [0.1, 0.15) is 11.5 Å². The van der Waals surface area contributed by atoms with Crippen LogP contribution in [0.15, 0.2) is 12.1 Å². The number of rotatable bonds is 4. The van der Waals surface area contributed by atoms with Crippen LogP contribution < -0.4 is 15.2 Å². The van der Waals surface area contributed by atoms with Gasteiger partial charge < -0.3 is 15.2 Å². The van der Waals surface area contributed by atoms with Gasteiger partial charge in [-0.1, -0.05) is 6.92 Å². The predicted octanol–water partition coefficient (Wildman–Crippen LogP) is 2.21. The molecule has 3 nitrogen and oxygen atoms in total. The van der Waals surface area contributed by atoms with Crippen molar-refractivity contribution in [3.63, 3.8) is 0 Å². The molecule has 0 atom stereocenters. The smallest absolute Gasteiger partial charge is 0.124 e. The number of ether oxygens (including phenoxy) is 2. The quantitative estimate of drug-likeness (QED) is 0.847. The molecule has 1 aliphatic carbocycles. The minimum Gasteiger partial charge on any atom is -0.496 e. The first-order chi connectivity index (χ1) is 7.66. The molecule has 3 heteroatoms. The molecular formula is C13H19NO2. The highest BCUT2D eigenvalue weighted by molar-refractivity contribution is 5.54. The number of nitrogens with two attached hydrogens (primary N) is 1. The van der Waals surface area contributed by atoms with Gasteiger partial charge in [-0.2, -0.15) is 0 Å². The molecule has 0 heterocycles. The highest BCUT2D eigenvalue weighted by atomic mass is 16.5. The van der Waals surface area contributed by atoms with E-state index in [1.165, 1.54) is 5.56 Å². The fraction of sp³-hybridized carbons (Fsp3) is 0.538. The van der Waals surface area contributed by atoms with Gasteiger partial charge in [-0.3, -0.25) is 0 Å². The molecule has 2 rings (SSSR count). The second kappa shape index (κ2) is 3.98. The van der Waals surface area contributed by atoms with Crippen molar-refractivity contribution in [2.24, 2.45) is 5.73 Å². The summed E-state index contributed by atoms with van der Waals surface area (Å²) >= 11 is 0. The maximum atomic E-state index is 6.31. The van der Waals surface area contributed by atoms with E-state index in [4.69, 9.17) is 15.2 Å². The molecule has 0 unspecified atom stereocenters. The Morgan fingerprint density at radius 3 is 2.19 bits per heavy atom. The molecule has 1 saturated carbocycles. The summed E-state index contributed by atoms with van der Waals surface area (Å²) in [4.78, 5) is 0. The maximum Gasteiger partial charge on any atom is 0.124 e. The zero-order valence-electron chi connectivity index (χ0n) is 10.2. The SMILES string of the molecule is CCc1c(OC)ccc(OC)c1C1(N)CC1. The van der Waals surface area contributed by atoms with Crippen molar-refractivity contribution in [3.8, 4) is 11.5 Å². The topological polar surface area (TPSA) is 44.5 Å². The lowest BCUT2D eigenvalue weighted by Gasteiger charge is -2.20. The van der Waals surface area contributed by atoms with Crippen LogP contribution in [0.1, 0.15) is 30.9 Å². The summed E-state index contributed by atoms with van der Waals surface area (Å²) in [5.41, 5.74) is 8.44. The molecule has 1 aromatic rings. The van der Waals surface area contributed by atoms with Crippen molar-refractivity contribution in [2.75, 3.05) is 14.2 Å². The predicted molar refractivity (Wildman–Crippen MR) is 64.0 cm³/mol. The van der Waals surface area contributed by atoms with Crippen LogP contribution in [0, 0.1) is 0 Å². The largest absolute Gasteiger partial charge is 0.496 e. The number of methoxy groups -OCH3 is 2. The van der Waals surface area contributed by atoms with E-state index in [1.807, 2.05) is 12.1 Å². The summed E-state index contributed by atoms with van der Waals surface area (Å²) in [5.74, 6) is 1.80. The van der Waals surface area contributed by atoms with E-state index >= 15 is 0 Å². The number of benzene rings is 1. The van der Waals surface area contributed by atoms with Crippen molar-refractivity contribution in [3.05, 3.63) is 23.3 Å². The third-order valence-electron chi connectivity index (χ3n) is 3.31. The lowest BCUT2D eigenvalue weighted by molar-refractivity contribution is 0.390. The Hall–Kier alpha value is -1.22. The Bertz CT molecular complexity index is 397. The Morgan fingerprint density at radius 1 is 1.19 bits per heavy atom. The van der Waals surface area contributed by atoms with Crippen molar-refractivity contribution in [1.29, 1.82) is 0 Å². The molecular weight excluding hydrogens is 202 g/mol. The van der Waals surface area contributed by atoms with Crippen LogP contribution in [0.4, 0.5) is 0 Å². The van der Waals surface area contributed by atoms with Crippen LogP contribution >= 0.6 is 0 Å². The fourth-order valence-electron chi connectivity index (χ4n) is 2.25. The standard InChI is InChI=1S/C13H19NO2/c1-4-9-10(15-2)5-6-11(16-3)12(9)13(14)7-8-13/h5-6H,4,7-8,14H2,1-3H3. The minimum absolute atomic E-state index is 0.189. The van der Waals surface area contributed by atoms with E-state index in [-0.39, 0.29) is 5.54 Å². The van der Waals surface area contributed by atoms with Crippen LogP contribution in [-0.2, 0) is 12.0 Å². The van der Waals surface area contributed by atoms with Crippen LogP contribution in [0.5, 0.6) is 11.5 Å². The summed E-state index contributed by atoms with van der Waals surface area (Å²) in [6.07, 6.45) is 2.97. The molecule has 16 heavy (non-hydrogen) atoms. The Kier molecular flexibility index (Phi) is 2.80. The molecule has 0 bridgehead atoms. The first kappa shape index (κ1) is 11.3. The van der Waals surface area contributed by atoms with Crippen molar-refractivity contribution >= 4 is 0 Å². The van der Waals surface area contributed by atoms with E-state index < -0.39 is 0 Å². The van der Waals surface area contributed by atoms with Crippen LogP contribution in [0.3, 0.4) is 0 Å². The monoisotopic (exact) mass is 221 g/mol. The van der Waals surface area contributed by atoms with Gasteiger partial charge in [0.05, 0.1) is 14.2 Å². The van der Waals surface area contributed by atoms with Gasteiger partial charge in [0.15, 0.2) is 0 Å². The maximum absolute atomic E-state index is 6.31. The first-order valence-electron chi connectivity index (χ1n) is 5.69.